The van der Waals surface area contributed by atoms with Crippen molar-refractivity contribution in [3.05, 3.63) is 29.3 Å². The number of carbonyl (C=O) groups is 1. The highest BCUT2D eigenvalue weighted by Crippen LogP contribution is 2.21. The summed E-state index contributed by atoms with van der Waals surface area (Å²) in [6, 6.07) is 5.54. The van der Waals surface area contributed by atoms with Crippen LogP contribution in [0.5, 0.6) is 5.75 Å². The molecule has 1 rings (SSSR count). The zero-order valence-electron chi connectivity index (χ0n) is 14.1. The van der Waals surface area contributed by atoms with Gasteiger partial charge in [-0.15, -0.1) is 0 Å². The Morgan fingerprint density at radius 1 is 1.14 bits per heavy atom. The SMILES string of the molecule is CCCCNC(=O)c1ccc(OCC)c(COCCCC)c1. The van der Waals surface area contributed by atoms with Gasteiger partial charge < -0.3 is 14.8 Å². The van der Waals surface area contributed by atoms with E-state index >= 15 is 0 Å². The lowest BCUT2D eigenvalue weighted by Crippen LogP contribution is -2.24. The van der Waals surface area contributed by atoms with E-state index in [0.717, 1.165) is 43.6 Å². The molecule has 0 saturated heterocycles. The Balaban J connectivity index is 2.72. The van der Waals surface area contributed by atoms with Crippen molar-refractivity contribution in [2.75, 3.05) is 19.8 Å². The molecule has 0 atom stereocenters. The van der Waals surface area contributed by atoms with E-state index < -0.39 is 0 Å². The molecule has 0 aromatic heterocycles. The van der Waals surface area contributed by atoms with Gasteiger partial charge in [-0.1, -0.05) is 26.7 Å². The number of ether oxygens (including phenoxy) is 2. The third-order valence-corrected chi connectivity index (χ3v) is 3.34. The molecule has 0 aliphatic rings. The van der Waals surface area contributed by atoms with Crippen molar-refractivity contribution in [3.8, 4) is 5.75 Å². The fourth-order valence-electron chi connectivity index (χ4n) is 2.04. The number of hydrogen-bond donors (Lipinski definition) is 1. The Morgan fingerprint density at radius 3 is 2.59 bits per heavy atom. The summed E-state index contributed by atoms with van der Waals surface area (Å²) in [5.41, 5.74) is 1.59. The molecule has 0 saturated carbocycles. The standard InChI is InChI=1S/C18H29NO3/c1-4-7-11-19-18(20)15-9-10-17(22-6-3)16(13-15)14-21-12-8-5-2/h9-10,13H,4-8,11-12,14H2,1-3H3,(H,19,20). The van der Waals surface area contributed by atoms with Crippen molar-refractivity contribution < 1.29 is 14.3 Å². The summed E-state index contributed by atoms with van der Waals surface area (Å²) in [6.45, 7) is 8.72. The highest BCUT2D eigenvalue weighted by atomic mass is 16.5. The van der Waals surface area contributed by atoms with Gasteiger partial charge in [0.15, 0.2) is 0 Å². The average molecular weight is 307 g/mol. The molecule has 1 aromatic rings. The van der Waals surface area contributed by atoms with Crippen molar-refractivity contribution in [1.29, 1.82) is 0 Å². The van der Waals surface area contributed by atoms with Gasteiger partial charge in [-0.25, -0.2) is 0 Å². The van der Waals surface area contributed by atoms with E-state index in [0.29, 0.717) is 25.3 Å². The maximum atomic E-state index is 12.1. The summed E-state index contributed by atoms with van der Waals surface area (Å²) in [5.74, 6) is 0.760. The summed E-state index contributed by atoms with van der Waals surface area (Å²) in [7, 11) is 0. The monoisotopic (exact) mass is 307 g/mol. The van der Waals surface area contributed by atoms with Gasteiger partial charge in [0, 0.05) is 24.3 Å². The van der Waals surface area contributed by atoms with E-state index in [4.69, 9.17) is 9.47 Å². The highest BCUT2D eigenvalue weighted by molar-refractivity contribution is 5.94. The van der Waals surface area contributed by atoms with E-state index in [-0.39, 0.29) is 5.91 Å². The molecule has 0 radical (unpaired) electrons. The fourth-order valence-corrected chi connectivity index (χ4v) is 2.04. The number of amides is 1. The Kier molecular flexibility index (Phi) is 9.31. The molecular formula is C18H29NO3. The molecule has 0 heterocycles. The van der Waals surface area contributed by atoms with Crippen LogP contribution >= 0.6 is 0 Å². The van der Waals surface area contributed by atoms with Crippen LogP contribution in [-0.4, -0.2) is 25.7 Å². The smallest absolute Gasteiger partial charge is 0.251 e. The summed E-state index contributed by atoms with van der Waals surface area (Å²) in [6.07, 6.45) is 4.22. The van der Waals surface area contributed by atoms with Crippen molar-refractivity contribution in [2.24, 2.45) is 0 Å². The summed E-state index contributed by atoms with van der Waals surface area (Å²) < 4.78 is 11.3. The van der Waals surface area contributed by atoms with Gasteiger partial charge >= 0.3 is 0 Å². The van der Waals surface area contributed by atoms with Crippen LogP contribution in [0.25, 0.3) is 0 Å². The van der Waals surface area contributed by atoms with Crippen molar-refractivity contribution in [2.45, 2.75) is 53.1 Å². The second kappa shape index (κ2) is 11.1. The van der Waals surface area contributed by atoms with E-state index in [1.807, 2.05) is 25.1 Å². The van der Waals surface area contributed by atoms with Crippen molar-refractivity contribution >= 4 is 5.91 Å². The molecule has 0 unspecified atom stereocenters. The highest BCUT2D eigenvalue weighted by Gasteiger charge is 2.10. The molecular weight excluding hydrogens is 278 g/mol. The van der Waals surface area contributed by atoms with Gasteiger partial charge in [0.25, 0.3) is 5.91 Å². The predicted octanol–water partition coefficient (Wildman–Crippen LogP) is 3.93. The van der Waals surface area contributed by atoms with Crippen LogP contribution < -0.4 is 10.1 Å². The number of unbranched alkanes of at least 4 members (excludes halogenated alkanes) is 2. The maximum Gasteiger partial charge on any atom is 0.251 e. The topological polar surface area (TPSA) is 47.6 Å². The first kappa shape index (κ1) is 18.5. The molecule has 1 N–H and O–H groups in total. The predicted molar refractivity (Wildman–Crippen MR) is 89.4 cm³/mol. The molecule has 0 aliphatic heterocycles. The lowest BCUT2D eigenvalue weighted by atomic mass is 10.1. The minimum Gasteiger partial charge on any atom is -0.494 e. The lowest BCUT2D eigenvalue weighted by molar-refractivity contribution is 0.0952. The molecule has 0 aliphatic carbocycles. The van der Waals surface area contributed by atoms with Crippen molar-refractivity contribution in [1.82, 2.24) is 5.32 Å². The maximum absolute atomic E-state index is 12.1. The normalized spacial score (nSPS) is 10.5. The molecule has 4 heteroatoms. The Morgan fingerprint density at radius 2 is 1.91 bits per heavy atom. The number of nitrogens with one attached hydrogen (secondary N) is 1. The first-order chi connectivity index (χ1) is 10.7. The first-order valence-corrected chi connectivity index (χ1v) is 8.34. The molecule has 0 bridgehead atoms. The van der Waals surface area contributed by atoms with Crippen molar-refractivity contribution in [3.63, 3.8) is 0 Å². The zero-order valence-corrected chi connectivity index (χ0v) is 14.1. The minimum absolute atomic E-state index is 0.0358. The molecule has 22 heavy (non-hydrogen) atoms. The Labute approximate surface area is 134 Å². The van der Waals surface area contributed by atoms with E-state index in [9.17, 15) is 4.79 Å². The van der Waals surface area contributed by atoms with E-state index in [1.165, 1.54) is 0 Å². The quantitative estimate of drug-likeness (QED) is 0.630. The molecule has 0 fully saturated rings. The van der Waals surface area contributed by atoms with Gasteiger partial charge in [0.2, 0.25) is 0 Å². The number of carbonyl (C=O) groups excluding carboxylic acids is 1. The van der Waals surface area contributed by atoms with Gasteiger partial charge in [-0.05, 0) is 38.0 Å². The zero-order chi connectivity index (χ0) is 16.2. The second-order valence-electron chi connectivity index (χ2n) is 5.27. The number of benzene rings is 1. The fraction of sp³-hybridized carbons (Fsp3) is 0.611. The van der Waals surface area contributed by atoms with Gasteiger partial charge in [-0.2, -0.15) is 0 Å². The van der Waals surface area contributed by atoms with E-state index in [1.54, 1.807) is 0 Å². The van der Waals surface area contributed by atoms with Crippen LogP contribution in [0.2, 0.25) is 0 Å². The molecule has 1 aromatic carbocycles. The minimum atomic E-state index is -0.0358. The van der Waals surface area contributed by atoms with Gasteiger partial charge in [0.05, 0.1) is 13.2 Å². The van der Waals surface area contributed by atoms with E-state index in [2.05, 4.69) is 19.2 Å². The number of rotatable bonds is 11. The van der Waals surface area contributed by atoms with Crippen LogP contribution in [0.15, 0.2) is 18.2 Å². The largest absolute Gasteiger partial charge is 0.494 e. The van der Waals surface area contributed by atoms with Crippen LogP contribution in [0.1, 0.15) is 62.4 Å². The Bertz CT molecular complexity index is 446. The third kappa shape index (κ3) is 6.48. The van der Waals surface area contributed by atoms with Crippen LogP contribution in [-0.2, 0) is 11.3 Å². The lowest BCUT2D eigenvalue weighted by Gasteiger charge is -2.13. The summed E-state index contributed by atoms with van der Waals surface area (Å²) in [5, 5.41) is 2.93. The number of hydrogen-bond acceptors (Lipinski definition) is 3. The third-order valence-electron chi connectivity index (χ3n) is 3.34. The molecule has 1 amide bonds. The molecule has 4 nitrogen and oxygen atoms in total. The second-order valence-corrected chi connectivity index (χ2v) is 5.27. The van der Waals surface area contributed by atoms with Crippen LogP contribution in [0, 0.1) is 0 Å². The van der Waals surface area contributed by atoms with Gasteiger partial charge in [-0.3, -0.25) is 4.79 Å². The molecule has 124 valence electrons. The van der Waals surface area contributed by atoms with Crippen LogP contribution in [0.4, 0.5) is 0 Å². The first-order valence-electron chi connectivity index (χ1n) is 8.34. The summed E-state index contributed by atoms with van der Waals surface area (Å²) >= 11 is 0. The average Bonchev–Trinajstić information content (AvgIpc) is 2.53. The Hall–Kier alpha value is -1.55. The van der Waals surface area contributed by atoms with Crippen LogP contribution in [0.3, 0.4) is 0 Å². The summed E-state index contributed by atoms with van der Waals surface area (Å²) in [4.78, 5) is 12.1. The van der Waals surface area contributed by atoms with Gasteiger partial charge in [0.1, 0.15) is 5.75 Å². The molecule has 0 spiro atoms.